The molecule has 1 rings (SSSR count). The van der Waals surface area contributed by atoms with Crippen LogP contribution in [-0.2, 0) is 21.4 Å². The standard InChI is InChI=1S/C11H16ClNO3S/c1-9(8-17(13,14)15)6-16-7-10-3-2-4-11(12)5-10/h2-5,9H,6-8H2,1H3,(H2,13,14,15). The molecule has 1 atom stereocenters. The molecule has 0 aliphatic rings. The van der Waals surface area contributed by atoms with Gasteiger partial charge < -0.3 is 4.74 Å². The Labute approximate surface area is 107 Å². The fourth-order valence-electron chi connectivity index (χ4n) is 1.45. The van der Waals surface area contributed by atoms with Gasteiger partial charge in [-0.3, -0.25) is 0 Å². The first-order valence-electron chi connectivity index (χ1n) is 5.19. The summed E-state index contributed by atoms with van der Waals surface area (Å²) in [5.74, 6) is -0.188. The molecule has 6 heteroatoms. The Bertz CT molecular complexity index is 462. The van der Waals surface area contributed by atoms with Crippen LogP contribution in [0, 0.1) is 5.92 Å². The van der Waals surface area contributed by atoms with Crippen molar-refractivity contribution in [2.24, 2.45) is 11.1 Å². The van der Waals surface area contributed by atoms with E-state index in [-0.39, 0.29) is 11.7 Å². The molecule has 0 saturated carbocycles. The highest BCUT2D eigenvalue weighted by Crippen LogP contribution is 2.12. The average molecular weight is 278 g/mol. The minimum atomic E-state index is -3.43. The minimum Gasteiger partial charge on any atom is -0.376 e. The lowest BCUT2D eigenvalue weighted by molar-refractivity contribution is 0.0978. The van der Waals surface area contributed by atoms with Crippen molar-refractivity contribution < 1.29 is 13.2 Å². The number of sulfonamides is 1. The smallest absolute Gasteiger partial charge is 0.209 e. The Kier molecular flexibility index (Phi) is 5.39. The van der Waals surface area contributed by atoms with Gasteiger partial charge in [0.05, 0.1) is 19.0 Å². The molecule has 1 aromatic carbocycles. The molecule has 2 N–H and O–H groups in total. The summed E-state index contributed by atoms with van der Waals surface area (Å²) in [5, 5.41) is 5.59. The second kappa shape index (κ2) is 6.35. The van der Waals surface area contributed by atoms with Crippen LogP contribution in [-0.4, -0.2) is 20.8 Å². The third-order valence-corrected chi connectivity index (χ3v) is 3.35. The van der Waals surface area contributed by atoms with E-state index in [1.807, 2.05) is 18.2 Å². The second-order valence-corrected chi connectivity index (χ2v) is 6.18. The van der Waals surface area contributed by atoms with E-state index in [9.17, 15) is 8.42 Å². The van der Waals surface area contributed by atoms with Crippen molar-refractivity contribution in [2.45, 2.75) is 13.5 Å². The van der Waals surface area contributed by atoms with E-state index in [4.69, 9.17) is 21.5 Å². The topological polar surface area (TPSA) is 69.4 Å². The number of benzene rings is 1. The van der Waals surface area contributed by atoms with Crippen LogP contribution in [0.1, 0.15) is 12.5 Å². The molecule has 1 aromatic rings. The molecule has 0 spiro atoms. The number of nitrogens with two attached hydrogens (primary N) is 1. The molecular formula is C11H16ClNO3S. The van der Waals surface area contributed by atoms with E-state index in [2.05, 4.69) is 0 Å². The largest absolute Gasteiger partial charge is 0.376 e. The fourth-order valence-corrected chi connectivity index (χ4v) is 2.55. The molecule has 0 heterocycles. The molecule has 4 nitrogen and oxygen atoms in total. The van der Waals surface area contributed by atoms with Gasteiger partial charge in [-0.25, -0.2) is 13.6 Å². The van der Waals surface area contributed by atoms with E-state index in [1.54, 1.807) is 13.0 Å². The monoisotopic (exact) mass is 277 g/mol. The molecule has 0 aliphatic carbocycles. The van der Waals surface area contributed by atoms with Crippen molar-refractivity contribution in [1.29, 1.82) is 0 Å². The number of hydrogen-bond donors (Lipinski definition) is 1. The third-order valence-electron chi connectivity index (χ3n) is 2.08. The van der Waals surface area contributed by atoms with Crippen molar-refractivity contribution in [1.82, 2.24) is 0 Å². The van der Waals surface area contributed by atoms with E-state index in [0.717, 1.165) is 5.56 Å². The van der Waals surface area contributed by atoms with Gasteiger partial charge in [0, 0.05) is 5.02 Å². The maximum Gasteiger partial charge on any atom is 0.209 e. The van der Waals surface area contributed by atoms with Gasteiger partial charge in [0.25, 0.3) is 0 Å². The summed E-state index contributed by atoms with van der Waals surface area (Å²) in [5.41, 5.74) is 0.959. The minimum absolute atomic E-state index is 0.0669. The van der Waals surface area contributed by atoms with Gasteiger partial charge in [0.1, 0.15) is 0 Å². The van der Waals surface area contributed by atoms with Crippen molar-refractivity contribution in [3.05, 3.63) is 34.9 Å². The summed E-state index contributed by atoms with van der Waals surface area (Å²) >= 11 is 5.82. The Hall–Kier alpha value is -0.620. The van der Waals surface area contributed by atoms with Gasteiger partial charge in [0.2, 0.25) is 10.0 Å². The molecule has 0 saturated heterocycles. The molecule has 0 radical (unpaired) electrons. The number of rotatable bonds is 6. The van der Waals surface area contributed by atoms with Crippen LogP contribution in [0.2, 0.25) is 5.02 Å². The normalized spacial score (nSPS) is 13.6. The Morgan fingerprint density at radius 2 is 2.18 bits per heavy atom. The molecule has 96 valence electrons. The summed E-state index contributed by atoms with van der Waals surface area (Å²) in [6, 6.07) is 7.34. The molecule has 0 bridgehead atoms. The van der Waals surface area contributed by atoms with Gasteiger partial charge in [-0.1, -0.05) is 30.7 Å². The van der Waals surface area contributed by atoms with Crippen molar-refractivity contribution in [2.75, 3.05) is 12.4 Å². The van der Waals surface area contributed by atoms with Crippen LogP contribution in [0.25, 0.3) is 0 Å². The lowest BCUT2D eigenvalue weighted by Crippen LogP contribution is -2.24. The molecule has 1 unspecified atom stereocenters. The SMILES string of the molecule is CC(COCc1cccc(Cl)c1)CS(N)(=O)=O. The maximum atomic E-state index is 10.8. The summed E-state index contributed by atoms with van der Waals surface area (Å²) in [6.07, 6.45) is 0. The van der Waals surface area contributed by atoms with Crippen LogP contribution in [0.5, 0.6) is 0 Å². The molecule has 0 amide bonds. The number of hydrogen-bond acceptors (Lipinski definition) is 3. The number of primary sulfonamides is 1. The first-order valence-corrected chi connectivity index (χ1v) is 7.29. The van der Waals surface area contributed by atoms with Crippen LogP contribution in [0.15, 0.2) is 24.3 Å². The first kappa shape index (κ1) is 14.4. The van der Waals surface area contributed by atoms with Crippen molar-refractivity contribution in [3.63, 3.8) is 0 Å². The fraction of sp³-hybridized carbons (Fsp3) is 0.455. The molecule has 17 heavy (non-hydrogen) atoms. The zero-order valence-corrected chi connectivity index (χ0v) is 11.2. The predicted octanol–water partition coefficient (Wildman–Crippen LogP) is 1.78. The third kappa shape index (κ3) is 6.63. The van der Waals surface area contributed by atoms with Crippen molar-refractivity contribution >= 4 is 21.6 Å². The Morgan fingerprint density at radius 1 is 1.47 bits per heavy atom. The van der Waals surface area contributed by atoms with Crippen molar-refractivity contribution in [3.8, 4) is 0 Å². The van der Waals surface area contributed by atoms with Gasteiger partial charge in [-0.2, -0.15) is 0 Å². The average Bonchev–Trinajstić information content (AvgIpc) is 2.14. The van der Waals surface area contributed by atoms with Crippen LogP contribution in [0.3, 0.4) is 0 Å². The van der Waals surface area contributed by atoms with Crippen LogP contribution in [0.4, 0.5) is 0 Å². The molecule has 0 aromatic heterocycles. The van der Waals surface area contributed by atoms with Crippen LogP contribution >= 0.6 is 11.6 Å². The Balaban J connectivity index is 2.33. The highest BCUT2D eigenvalue weighted by atomic mass is 35.5. The second-order valence-electron chi connectivity index (χ2n) is 4.08. The zero-order valence-electron chi connectivity index (χ0n) is 9.60. The lowest BCUT2D eigenvalue weighted by Gasteiger charge is -2.10. The summed E-state index contributed by atoms with van der Waals surface area (Å²) in [4.78, 5) is 0. The van der Waals surface area contributed by atoms with Gasteiger partial charge >= 0.3 is 0 Å². The van der Waals surface area contributed by atoms with Gasteiger partial charge in [0.15, 0.2) is 0 Å². The van der Waals surface area contributed by atoms with E-state index >= 15 is 0 Å². The van der Waals surface area contributed by atoms with Gasteiger partial charge in [-0.05, 0) is 23.6 Å². The predicted molar refractivity (Wildman–Crippen MR) is 68.2 cm³/mol. The first-order chi connectivity index (χ1) is 7.87. The summed E-state index contributed by atoms with van der Waals surface area (Å²) < 4.78 is 27.1. The molecular weight excluding hydrogens is 262 g/mol. The maximum absolute atomic E-state index is 10.8. The summed E-state index contributed by atoms with van der Waals surface area (Å²) in [6.45, 7) is 2.54. The number of ether oxygens (including phenoxy) is 1. The number of halogens is 1. The van der Waals surface area contributed by atoms with E-state index in [0.29, 0.717) is 18.2 Å². The van der Waals surface area contributed by atoms with E-state index in [1.165, 1.54) is 0 Å². The van der Waals surface area contributed by atoms with Crippen LogP contribution < -0.4 is 5.14 Å². The quantitative estimate of drug-likeness (QED) is 0.862. The molecule has 0 aliphatic heterocycles. The molecule has 0 fully saturated rings. The zero-order chi connectivity index (χ0) is 12.9. The highest BCUT2D eigenvalue weighted by Gasteiger charge is 2.10. The van der Waals surface area contributed by atoms with Gasteiger partial charge in [-0.15, -0.1) is 0 Å². The lowest BCUT2D eigenvalue weighted by atomic mass is 10.2. The van der Waals surface area contributed by atoms with E-state index < -0.39 is 10.0 Å². The highest BCUT2D eigenvalue weighted by molar-refractivity contribution is 7.89. The Morgan fingerprint density at radius 3 is 2.76 bits per heavy atom. The summed E-state index contributed by atoms with van der Waals surface area (Å²) in [7, 11) is -3.43.